The van der Waals surface area contributed by atoms with Gasteiger partial charge in [0.2, 0.25) is 5.91 Å². The van der Waals surface area contributed by atoms with E-state index in [0.29, 0.717) is 23.8 Å². The Morgan fingerprint density at radius 1 is 1.38 bits per heavy atom. The number of aromatic nitrogens is 1. The van der Waals surface area contributed by atoms with E-state index in [1.54, 1.807) is 6.07 Å². The number of carbonyl (C=O) groups excluding carboxylic acids is 2. The highest BCUT2D eigenvalue weighted by Crippen LogP contribution is 2.55. The Kier molecular flexibility index (Phi) is 4.92. The van der Waals surface area contributed by atoms with E-state index in [1.807, 2.05) is 6.92 Å². The summed E-state index contributed by atoms with van der Waals surface area (Å²) >= 11 is 0. The molecule has 6 heteroatoms. The molecule has 2 amide bonds. The lowest BCUT2D eigenvalue weighted by Crippen LogP contribution is -2.53. The SMILES string of the molecule is CCCC(=O)NC1CC2(CCC2)C1.NC(=O)c1cc(C2CC2)on1. The van der Waals surface area contributed by atoms with Gasteiger partial charge in [0.25, 0.3) is 5.91 Å². The molecule has 1 spiro atoms. The molecular weight excluding hydrogens is 306 g/mol. The van der Waals surface area contributed by atoms with Crippen molar-refractivity contribution in [2.45, 2.75) is 76.7 Å². The molecule has 0 aliphatic heterocycles. The van der Waals surface area contributed by atoms with Crippen LogP contribution in [0.5, 0.6) is 0 Å². The maximum atomic E-state index is 11.3. The van der Waals surface area contributed by atoms with Gasteiger partial charge in [0.05, 0.1) is 0 Å². The minimum Gasteiger partial charge on any atom is -0.364 e. The topological polar surface area (TPSA) is 98.2 Å². The summed E-state index contributed by atoms with van der Waals surface area (Å²) in [6, 6.07) is 2.14. The fourth-order valence-electron chi connectivity index (χ4n) is 3.67. The lowest BCUT2D eigenvalue weighted by atomic mass is 9.54. The van der Waals surface area contributed by atoms with Gasteiger partial charge < -0.3 is 15.6 Å². The van der Waals surface area contributed by atoms with Crippen LogP contribution in [-0.4, -0.2) is 23.0 Å². The van der Waals surface area contributed by atoms with E-state index in [9.17, 15) is 9.59 Å². The van der Waals surface area contributed by atoms with Crippen molar-refractivity contribution >= 4 is 11.8 Å². The molecule has 3 aliphatic rings. The van der Waals surface area contributed by atoms with Crippen molar-refractivity contribution in [3.8, 4) is 0 Å². The first kappa shape index (κ1) is 17.0. The Hall–Kier alpha value is -1.85. The maximum Gasteiger partial charge on any atom is 0.270 e. The number of amides is 2. The molecule has 132 valence electrons. The van der Waals surface area contributed by atoms with Crippen molar-refractivity contribution in [1.82, 2.24) is 10.5 Å². The van der Waals surface area contributed by atoms with Crippen LogP contribution in [0.15, 0.2) is 10.6 Å². The zero-order valence-corrected chi connectivity index (χ0v) is 14.3. The van der Waals surface area contributed by atoms with Crippen LogP contribution in [0.2, 0.25) is 0 Å². The van der Waals surface area contributed by atoms with Gasteiger partial charge in [-0.15, -0.1) is 0 Å². The van der Waals surface area contributed by atoms with Gasteiger partial charge in [0.1, 0.15) is 5.76 Å². The van der Waals surface area contributed by atoms with Crippen molar-refractivity contribution in [2.24, 2.45) is 11.1 Å². The minimum absolute atomic E-state index is 0.229. The summed E-state index contributed by atoms with van der Waals surface area (Å²) in [6.45, 7) is 2.05. The maximum absolute atomic E-state index is 11.3. The Bertz CT molecular complexity index is 594. The summed E-state index contributed by atoms with van der Waals surface area (Å²) in [5, 5.41) is 6.63. The summed E-state index contributed by atoms with van der Waals surface area (Å²) in [5.74, 6) is 0.997. The minimum atomic E-state index is -0.527. The average molecular weight is 333 g/mol. The summed E-state index contributed by atoms with van der Waals surface area (Å²) in [6.07, 6.45) is 10.7. The Labute approximate surface area is 142 Å². The fraction of sp³-hybridized carbons (Fsp3) is 0.722. The Morgan fingerprint density at radius 3 is 2.54 bits per heavy atom. The van der Waals surface area contributed by atoms with E-state index in [4.69, 9.17) is 10.3 Å². The van der Waals surface area contributed by atoms with E-state index < -0.39 is 5.91 Å². The van der Waals surface area contributed by atoms with Crippen molar-refractivity contribution in [3.05, 3.63) is 17.5 Å². The predicted octanol–water partition coefficient (Wildman–Crippen LogP) is 2.89. The molecule has 1 heterocycles. The zero-order chi connectivity index (χ0) is 17.2. The molecule has 3 N–H and O–H groups in total. The van der Waals surface area contributed by atoms with Crippen LogP contribution in [-0.2, 0) is 4.79 Å². The van der Waals surface area contributed by atoms with E-state index in [2.05, 4.69) is 10.5 Å². The monoisotopic (exact) mass is 333 g/mol. The summed E-state index contributed by atoms with van der Waals surface area (Å²) in [7, 11) is 0. The van der Waals surface area contributed by atoms with Gasteiger partial charge in [0.15, 0.2) is 5.69 Å². The van der Waals surface area contributed by atoms with Crippen LogP contribution in [0.1, 0.15) is 86.9 Å². The summed E-state index contributed by atoms with van der Waals surface area (Å²) in [5.41, 5.74) is 5.90. The average Bonchev–Trinajstić information content (AvgIpc) is 3.18. The van der Waals surface area contributed by atoms with Crippen molar-refractivity contribution in [3.63, 3.8) is 0 Å². The number of carbonyl (C=O) groups is 2. The van der Waals surface area contributed by atoms with Gasteiger partial charge in [-0.2, -0.15) is 0 Å². The quantitative estimate of drug-likeness (QED) is 0.865. The molecule has 0 radical (unpaired) electrons. The van der Waals surface area contributed by atoms with Crippen LogP contribution in [0.25, 0.3) is 0 Å². The van der Waals surface area contributed by atoms with Gasteiger partial charge in [-0.25, -0.2) is 0 Å². The number of hydrogen-bond donors (Lipinski definition) is 2. The van der Waals surface area contributed by atoms with E-state index in [-0.39, 0.29) is 11.6 Å². The molecule has 0 aromatic carbocycles. The van der Waals surface area contributed by atoms with Gasteiger partial charge in [-0.3, -0.25) is 9.59 Å². The predicted molar refractivity (Wildman–Crippen MR) is 89.4 cm³/mol. The zero-order valence-electron chi connectivity index (χ0n) is 14.3. The number of hydrogen-bond acceptors (Lipinski definition) is 4. The highest BCUT2D eigenvalue weighted by Gasteiger charge is 2.48. The molecule has 6 nitrogen and oxygen atoms in total. The van der Waals surface area contributed by atoms with E-state index in [0.717, 1.165) is 25.0 Å². The molecule has 3 fully saturated rings. The van der Waals surface area contributed by atoms with Crippen LogP contribution >= 0.6 is 0 Å². The molecule has 1 aromatic heterocycles. The molecule has 4 rings (SSSR count). The number of primary amides is 1. The second kappa shape index (κ2) is 6.95. The second-order valence-corrected chi connectivity index (χ2v) is 7.53. The highest BCUT2D eigenvalue weighted by atomic mass is 16.5. The number of rotatable bonds is 5. The normalized spacial score (nSPS) is 21.2. The Morgan fingerprint density at radius 2 is 2.08 bits per heavy atom. The lowest BCUT2D eigenvalue weighted by molar-refractivity contribution is -0.124. The third-order valence-electron chi connectivity index (χ3n) is 5.38. The number of nitrogens with one attached hydrogen (secondary N) is 1. The van der Waals surface area contributed by atoms with Crippen molar-refractivity contribution < 1.29 is 14.1 Å². The lowest BCUT2D eigenvalue weighted by Gasteiger charge is -2.54. The molecule has 3 aliphatic carbocycles. The molecule has 0 bridgehead atoms. The standard InChI is InChI=1S/C11H19NO.C7H8N2O2/c1-2-4-10(13)12-9-7-11(8-9)5-3-6-11;8-7(10)5-3-6(11-9-5)4-1-2-4/h9H,2-8H2,1H3,(H,12,13);3-4H,1-2H2,(H2,8,10). The van der Waals surface area contributed by atoms with Gasteiger partial charge >= 0.3 is 0 Å². The molecule has 3 saturated carbocycles. The highest BCUT2D eigenvalue weighted by molar-refractivity contribution is 5.90. The largest absolute Gasteiger partial charge is 0.364 e. The van der Waals surface area contributed by atoms with Crippen LogP contribution < -0.4 is 11.1 Å². The number of nitrogens with zero attached hydrogens (tertiary/aromatic N) is 1. The van der Waals surface area contributed by atoms with Crippen LogP contribution in [0.3, 0.4) is 0 Å². The van der Waals surface area contributed by atoms with E-state index >= 15 is 0 Å². The second-order valence-electron chi connectivity index (χ2n) is 7.53. The van der Waals surface area contributed by atoms with Gasteiger partial charge in [-0.05, 0) is 50.4 Å². The summed E-state index contributed by atoms with van der Waals surface area (Å²) < 4.78 is 4.90. The molecule has 24 heavy (non-hydrogen) atoms. The first-order chi connectivity index (χ1) is 11.5. The van der Waals surface area contributed by atoms with Crippen LogP contribution in [0, 0.1) is 5.41 Å². The van der Waals surface area contributed by atoms with Gasteiger partial charge in [0, 0.05) is 24.4 Å². The first-order valence-electron chi connectivity index (χ1n) is 9.07. The molecule has 0 unspecified atom stereocenters. The van der Waals surface area contributed by atoms with Gasteiger partial charge in [-0.1, -0.05) is 18.5 Å². The number of nitrogens with two attached hydrogens (primary N) is 1. The first-order valence-corrected chi connectivity index (χ1v) is 9.07. The third kappa shape index (κ3) is 3.97. The molecule has 0 atom stereocenters. The fourth-order valence-corrected chi connectivity index (χ4v) is 3.67. The molecular formula is C18H27N3O3. The van der Waals surface area contributed by atoms with Crippen molar-refractivity contribution in [2.75, 3.05) is 0 Å². The summed E-state index contributed by atoms with van der Waals surface area (Å²) in [4.78, 5) is 21.8. The third-order valence-corrected chi connectivity index (χ3v) is 5.38. The molecule has 0 saturated heterocycles. The molecule has 1 aromatic rings. The van der Waals surface area contributed by atoms with Crippen molar-refractivity contribution in [1.29, 1.82) is 0 Å². The Balaban J connectivity index is 0.000000143. The van der Waals surface area contributed by atoms with E-state index in [1.165, 1.54) is 32.1 Å². The van der Waals surface area contributed by atoms with Crippen LogP contribution in [0.4, 0.5) is 0 Å². The smallest absolute Gasteiger partial charge is 0.270 e.